The lowest BCUT2D eigenvalue weighted by Crippen LogP contribution is -2.36. The molecular formula is C34H35ClN4O3. The Hall–Kier alpha value is -4.88. The molecule has 0 saturated carbocycles. The molecule has 0 aromatic heterocycles. The normalized spacial score (nSPS) is 11.1. The number of allylic oxidation sites excluding steroid dienone is 1. The third kappa shape index (κ3) is 8.32. The second kappa shape index (κ2) is 14.7. The number of carbonyl (C=O) groups excluding carboxylic acids is 2. The summed E-state index contributed by atoms with van der Waals surface area (Å²) in [4.78, 5) is 30.0. The summed E-state index contributed by atoms with van der Waals surface area (Å²) < 4.78 is 5.36. The number of amides is 2. The molecule has 0 radical (unpaired) electrons. The van der Waals surface area contributed by atoms with Gasteiger partial charge in [0.2, 0.25) is 5.96 Å². The van der Waals surface area contributed by atoms with Crippen LogP contribution in [0.3, 0.4) is 0 Å². The van der Waals surface area contributed by atoms with Crippen molar-refractivity contribution in [1.82, 2.24) is 5.32 Å². The first kappa shape index (κ1) is 31.6. The summed E-state index contributed by atoms with van der Waals surface area (Å²) in [6, 6.07) is 26.4. The number of nitrogens with zero attached hydrogens (tertiary/aromatic N) is 1. The lowest BCUT2D eigenvalue weighted by atomic mass is 10.0. The van der Waals surface area contributed by atoms with E-state index < -0.39 is 5.91 Å². The number of aliphatic imine (C=N–C) groups is 1. The number of guanidine groups is 1. The molecule has 7 nitrogen and oxygen atoms in total. The van der Waals surface area contributed by atoms with E-state index in [-0.39, 0.29) is 24.3 Å². The van der Waals surface area contributed by atoms with Crippen LogP contribution in [-0.2, 0) is 6.42 Å². The average Bonchev–Trinajstić information content (AvgIpc) is 2.97. The number of methoxy groups -OCH3 is 1. The van der Waals surface area contributed by atoms with Crippen LogP contribution in [0.25, 0.3) is 6.08 Å². The van der Waals surface area contributed by atoms with E-state index in [0.717, 1.165) is 34.2 Å². The molecular weight excluding hydrogens is 548 g/mol. The lowest BCUT2D eigenvalue weighted by Gasteiger charge is -2.12. The first-order valence-corrected chi connectivity index (χ1v) is 13.3. The van der Waals surface area contributed by atoms with E-state index in [9.17, 15) is 9.59 Å². The van der Waals surface area contributed by atoms with Gasteiger partial charge in [0.05, 0.1) is 12.8 Å². The van der Waals surface area contributed by atoms with Gasteiger partial charge in [-0.3, -0.25) is 14.9 Å². The Kier molecular flexibility index (Phi) is 11.0. The van der Waals surface area contributed by atoms with Crippen molar-refractivity contribution < 1.29 is 14.3 Å². The van der Waals surface area contributed by atoms with E-state index in [1.165, 1.54) is 0 Å². The number of halogens is 1. The highest BCUT2D eigenvalue weighted by molar-refractivity contribution is 6.07. The average molecular weight is 583 g/mol. The van der Waals surface area contributed by atoms with Crippen molar-refractivity contribution in [2.45, 2.75) is 27.2 Å². The molecule has 0 aliphatic heterocycles. The number of benzene rings is 4. The maximum atomic E-state index is 13.0. The SMILES string of the molecule is COc1cc(C(=O)NC(N)=Nc2ccc(C)c(NC(=O)c3ccc(C/C=C/c4ccccc4)cc3)c2)cc(C)c1C.Cl. The molecule has 2 amide bonds. The van der Waals surface area contributed by atoms with E-state index in [1.807, 2.05) is 69.3 Å². The van der Waals surface area contributed by atoms with Crippen LogP contribution < -0.4 is 21.1 Å². The van der Waals surface area contributed by atoms with Crippen LogP contribution in [0.15, 0.2) is 96.0 Å². The molecule has 8 heteroatoms. The fraction of sp³-hybridized carbons (Fsp3) is 0.147. The molecule has 0 heterocycles. The molecule has 0 fully saturated rings. The molecule has 0 saturated heterocycles. The summed E-state index contributed by atoms with van der Waals surface area (Å²) in [7, 11) is 1.56. The molecule has 216 valence electrons. The van der Waals surface area contributed by atoms with E-state index in [2.05, 4.69) is 39.9 Å². The number of hydrogen-bond acceptors (Lipinski definition) is 4. The second-order valence-corrected chi connectivity index (χ2v) is 9.74. The third-order valence-electron chi connectivity index (χ3n) is 6.74. The highest BCUT2D eigenvalue weighted by atomic mass is 35.5. The fourth-order valence-electron chi connectivity index (χ4n) is 4.22. The quantitative estimate of drug-likeness (QED) is 0.155. The van der Waals surface area contributed by atoms with Crippen LogP contribution in [0.1, 0.15) is 48.5 Å². The smallest absolute Gasteiger partial charge is 0.258 e. The lowest BCUT2D eigenvalue weighted by molar-refractivity contribution is 0.0975. The van der Waals surface area contributed by atoms with Gasteiger partial charge in [0, 0.05) is 16.8 Å². The number of anilines is 1. The van der Waals surface area contributed by atoms with Crippen LogP contribution >= 0.6 is 12.4 Å². The Bertz CT molecular complexity index is 1610. The predicted molar refractivity (Wildman–Crippen MR) is 173 cm³/mol. The number of nitrogens with two attached hydrogens (primary N) is 1. The number of carbonyl (C=O) groups is 2. The number of hydrogen-bond donors (Lipinski definition) is 3. The Morgan fingerprint density at radius 2 is 1.57 bits per heavy atom. The topological polar surface area (TPSA) is 106 Å². The third-order valence-corrected chi connectivity index (χ3v) is 6.74. The Balaban J connectivity index is 0.00000484. The molecule has 0 aliphatic carbocycles. The Morgan fingerprint density at radius 3 is 2.26 bits per heavy atom. The molecule has 0 bridgehead atoms. The van der Waals surface area contributed by atoms with Gasteiger partial charge in [-0.1, -0.05) is 60.7 Å². The van der Waals surface area contributed by atoms with Crippen LogP contribution in [0.4, 0.5) is 11.4 Å². The van der Waals surface area contributed by atoms with Crippen molar-refractivity contribution in [3.05, 3.63) is 130 Å². The largest absolute Gasteiger partial charge is 0.496 e. The van der Waals surface area contributed by atoms with Gasteiger partial charge < -0.3 is 15.8 Å². The van der Waals surface area contributed by atoms with Gasteiger partial charge in [-0.2, -0.15) is 0 Å². The van der Waals surface area contributed by atoms with Crippen LogP contribution in [0, 0.1) is 20.8 Å². The van der Waals surface area contributed by atoms with Crippen molar-refractivity contribution in [3.8, 4) is 5.75 Å². The molecule has 4 aromatic carbocycles. The van der Waals surface area contributed by atoms with E-state index in [1.54, 1.807) is 31.4 Å². The van der Waals surface area contributed by atoms with E-state index in [4.69, 9.17) is 10.5 Å². The summed E-state index contributed by atoms with van der Waals surface area (Å²) in [5, 5.41) is 5.56. The maximum absolute atomic E-state index is 13.0. The molecule has 0 spiro atoms. The van der Waals surface area contributed by atoms with Crippen LogP contribution in [0.5, 0.6) is 5.75 Å². The van der Waals surface area contributed by atoms with Gasteiger partial charge in [-0.25, -0.2) is 4.99 Å². The predicted octanol–water partition coefficient (Wildman–Crippen LogP) is 6.93. The summed E-state index contributed by atoms with van der Waals surface area (Å²) in [5.74, 6) is -0.0674. The van der Waals surface area contributed by atoms with Gasteiger partial charge in [0.25, 0.3) is 11.8 Å². The van der Waals surface area contributed by atoms with Crippen molar-refractivity contribution in [3.63, 3.8) is 0 Å². The number of rotatable bonds is 8. The van der Waals surface area contributed by atoms with Crippen molar-refractivity contribution >= 4 is 47.6 Å². The summed E-state index contributed by atoms with van der Waals surface area (Å²) in [6.45, 7) is 5.73. The van der Waals surface area contributed by atoms with Gasteiger partial charge in [-0.05, 0) is 91.4 Å². The highest BCUT2D eigenvalue weighted by Gasteiger charge is 2.13. The first-order chi connectivity index (χ1) is 19.7. The zero-order valence-electron chi connectivity index (χ0n) is 24.1. The Labute approximate surface area is 252 Å². The molecule has 4 N–H and O–H groups in total. The minimum Gasteiger partial charge on any atom is -0.496 e. The van der Waals surface area contributed by atoms with E-state index >= 15 is 0 Å². The molecule has 0 atom stereocenters. The van der Waals surface area contributed by atoms with Crippen molar-refractivity contribution in [2.24, 2.45) is 10.7 Å². The second-order valence-electron chi connectivity index (χ2n) is 9.74. The summed E-state index contributed by atoms with van der Waals surface area (Å²) in [5.41, 5.74) is 13.1. The molecule has 4 rings (SSSR count). The Morgan fingerprint density at radius 1 is 0.857 bits per heavy atom. The standard InChI is InChI=1S/C34H34N4O3.ClH/c1-22-13-18-29(36-34(35)38-33(40)28-19-23(2)24(3)31(20-28)41-4)21-30(22)37-32(39)27-16-14-26(15-17-27)12-8-11-25-9-6-5-7-10-25;/h5-11,13-21H,12H2,1-4H3,(H,37,39)(H3,35,36,38,40);1H/b11-8+;. The maximum Gasteiger partial charge on any atom is 0.258 e. The summed E-state index contributed by atoms with van der Waals surface area (Å²) in [6.07, 6.45) is 4.95. The number of ether oxygens (including phenoxy) is 1. The highest BCUT2D eigenvalue weighted by Crippen LogP contribution is 2.24. The zero-order chi connectivity index (χ0) is 29.4. The molecule has 0 unspecified atom stereocenters. The van der Waals surface area contributed by atoms with Crippen molar-refractivity contribution in [2.75, 3.05) is 12.4 Å². The van der Waals surface area contributed by atoms with Gasteiger partial charge in [0.15, 0.2) is 0 Å². The van der Waals surface area contributed by atoms with Gasteiger partial charge in [0.1, 0.15) is 5.75 Å². The number of nitrogens with one attached hydrogen (secondary N) is 2. The number of aryl methyl sites for hydroxylation is 2. The van der Waals surface area contributed by atoms with Crippen LogP contribution in [-0.4, -0.2) is 24.9 Å². The first-order valence-electron chi connectivity index (χ1n) is 13.3. The van der Waals surface area contributed by atoms with E-state index in [0.29, 0.717) is 28.3 Å². The van der Waals surface area contributed by atoms with Crippen molar-refractivity contribution in [1.29, 1.82) is 0 Å². The van der Waals surface area contributed by atoms with Gasteiger partial charge >= 0.3 is 0 Å². The molecule has 42 heavy (non-hydrogen) atoms. The molecule has 4 aromatic rings. The minimum atomic E-state index is -0.396. The molecule has 0 aliphatic rings. The monoisotopic (exact) mass is 582 g/mol. The zero-order valence-corrected chi connectivity index (χ0v) is 24.9. The van der Waals surface area contributed by atoms with Crippen LogP contribution in [0.2, 0.25) is 0 Å². The van der Waals surface area contributed by atoms with Gasteiger partial charge in [-0.15, -0.1) is 12.4 Å². The minimum absolute atomic E-state index is 0. The summed E-state index contributed by atoms with van der Waals surface area (Å²) >= 11 is 0. The fourth-order valence-corrected chi connectivity index (χ4v) is 4.22.